The van der Waals surface area contributed by atoms with Crippen molar-refractivity contribution in [2.24, 2.45) is 0 Å². The molecule has 5 heteroatoms. The fourth-order valence-electron chi connectivity index (χ4n) is 1.94. The SMILES string of the molecule is COc1ccc(C/[N+]([O-])=C/[C@H]2COC(C)(C)O2)cc1. The van der Waals surface area contributed by atoms with Crippen LogP contribution in [0.15, 0.2) is 24.3 Å². The van der Waals surface area contributed by atoms with Gasteiger partial charge in [0.2, 0.25) is 0 Å². The molecule has 104 valence electrons. The molecule has 1 aliphatic heterocycles. The first-order valence-electron chi connectivity index (χ1n) is 6.22. The van der Waals surface area contributed by atoms with Crippen molar-refractivity contribution in [3.05, 3.63) is 35.0 Å². The van der Waals surface area contributed by atoms with Gasteiger partial charge in [-0.2, -0.15) is 0 Å². The summed E-state index contributed by atoms with van der Waals surface area (Å²) in [7, 11) is 1.61. The molecule has 0 saturated carbocycles. The van der Waals surface area contributed by atoms with E-state index in [1.807, 2.05) is 38.1 Å². The lowest BCUT2D eigenvalue weighted by atomic mass is 10.2. The van der Waals surface area contributed by atoms with Crippen LogP contribution >= 0.6 is 0 Å². The maximum atomic E-state index is 11.8. The quantitative estimate of drug-likeness (QED) is 0.361. The van der Waals surface area contributed by atoms with Crippen LogP contribution in [-0.2, 0) is 16.0 Å². The largest absolute Gasteiger partial charge is 0.624 e. The normalized spacial score (nSPS) is 22.5. The van der Waals surface area contributed by atoms with Crippen molar-refractivity contribution in [2.45, 2.75) is 32.3 Å². The second-order valence-corrected chi connectivity index (χ2v) is 4.94. The minimum atomic E-state index is -0.609. The lowest BCUT2D eigenvalue weighted by Gasteiger charge is -2.15. The van der Waals surface area contributed by atoms with Crippen molar-refractivity contribution in [3.63, 3.8) is 0 Å². The molecule has 1 aromatic carbocycles. The van der Waals surface area contributed by atoms with Gasteiger partial charge in [0.1, 0.15) is 5.75 Å². The highest BCUT2D eigenvalue weighted by molar-refractivity contribution is 5.58. The number of methoxy groups -OCH3 is 1. The van der Waals surface area contributed by atoms with Gasteiger partial charge in [-0.3, -0.25) is 0 Å². The van der Waals surface area contributed by atoms with E-state index in [-0.39, 0.29) is 12.6 Å². The lowest BCUT2D eigenvalue weighted by Crippen LogP contribution is -2.24. The summed E-state index contributed by atoms with van der Waals surface area (Å²) in [4.78, 5) is 0. The standard InChI is InChI=1S/C14H19NO4/c1-14(2)18-10-13(19-14)9-15(16)8-11-4-6-12(17-3)7-5-11/h4-7,9,13H,8,10H2,1-3H3/b15-9-/t13-/m0/s1. The van der Waals surface area contributed by atoms with Crippen LogP contribution in [-0.4, -0.2) is 36.6 Å². The minimum Gasteiger partial charge on any atom is -0.624 e. The topological polar surface area (TPSA) is 53.8 Å². The summed E-state index contributed by atoms with van der Waals surface area (Å²) in [6, 6.07) is 7.41. The van der Waals surface area contributed by atoms with Crippen molar-refractivity contribution in [2.75, 3.05) is 13.7 Å². The van der Waals surface area contributed by atoms with E-state index in [4.69, 9.17) is 14.2 Å². The fraction of sp³-hybridized carbons (Fsp3) is 0.500. The fourth-order valence-corrected chi connectivity index (χ4v) is 1.94. The maximum absolute atomic E-state index is 11.8. The van der Waals surface area contributed by atoms with E-state index < -0.39 is 5.79 Å². The third kappa shape index (κ3) is 3.94. The average Bonchev–Trinajstić information content (AvgIpc) is 2.69. The first-order chi connectivity index (χ1) is 8.98. The molecule has 0 bridgehead atoms. The number of rotatable bonds is 4. The lowest BCUT2D eigenvalue weighted by molar-refractivity contribution is -0.472. The minimum absolute atomic E-state index is 0.282. The van der Waals surface area contributed by atoms with E-state index in [0.29, 0.717) is 6.61 Å². The Balaban J connectivity index is 1.94. The van der Waals surface area contributed by atoms with Crippen molar-refractivity contribution >= 4 is 6.21 Å². The Kier molecular flexibility index (Phi) is 4.07. The Labute approximate surface area is 113 Å². The molecule has 1 saturated heterocycles. The van der Waals surface area contributed by atoms with Gasteiger partial charge in [-0.1, -0.05) is 0 Å². The van der Waals surface area contributed by atoms with Gasteiger partial charge in [0.25, 0.3) is 0 Å². The molecule has 1 aromatic rings. The molecular formula is C14H19NO4. The summed E-state index contributed by atoms with van der Waals surface area (Å²) in [6.45, 7) is 4.36. The third-order valence-electron chi connectivity index (χ3n) is 2.86. The van der Waals surface area contributed by atoms with Crippen LogP contribution < -0.4 is 4.74 Å². The van der Waals surface area contributed by atoms with E-state index in [2.05, 4.69) is 0 Å². The molecule has 0 unspecified atom stereocenters. The molecule has 1 aliphatic rings. The van der Waals surface area contributed by atoms with Crippen LogP contribution in [0.25, 0.3) is 0 Å². The number of ether oxygens (including phenoxy) is 3. The molecule has 0 radical (unpaired) electrons. The number of nitrogens with zero attached hydrogens (tertiary/aromatic N) is 1. The van der Waals surface area contributed by atoms with Gasteiger partial charge in [0.05, 0.1) is 13.7 Å². The summed E-state index contributed by atoms with van der Waals surface area (Å²) in [6.07, 6.45) is 1.23. The smallest absolute Gasteiger partial charge is 0.182 e. The van der Waals surface area contributed by atoms with Crippen LogP contribution in [0.1, 0.15) is 19.4 Å². The van der Waals surface area contributed by atoms with Crippen LogP contribution in [0.5, 0.6) is 5.75 Å². The molecule has 0 aliphatic carbocycles. The molecule has 0 N–H and O–H groups in total. The zero-order valence-electron chi connectivity index (χ0n) is 11.5. The van der Waals surface area contributed by atoms with Crippen molar-refractivity contribution in [1.82, 2.24) is 0 Å². The summed E-state index contributed by atoms with van der Waals surface area (Å²) < 4.78 is 16.9. The summed E-state index contributed by atoms with van der Waals surface area (Å²) in [5.41, 5.74) is 0.922. The van der Waals surface area contributed by atoms with Crippen molar-refractivity contribution < 1.29 is 18.9 Å². The summed E-state index contributed by atoms with van der Waals surface area (Å²) in [5.74, 6) is 0.168. The monoisotopic (exact) mass is 265 g/mol. The highest BCUT2D eigenvalue weighted by atomic mass is 16.7. The molecule has 0 amide bonds. The predicted molar refractivity (Wildman–Crippen MR) is 71.3 cm³/mol. The van der Waals surface area contributed by atoms with Gasteiger partial charge in [-0.05, 0) is 38.1 Å². The molecule has 1 atom stereocenters. The first-order valence-corrected chi connectivity index (χ1v) is 6.22. The zero-order valence-corrected chi connectivity index (χ0v) is 11.5. The Morgan fingerprint density at radius 3 is 2.63 bits per heavy atom. The van der Waals surface area contributed by atoms with Gasteiger partial charge < -0.3 is 19.4 Å². The summed E-state index contributed by atoms with van der Waals surface area (Å²) >= 11 is 0. The van der Waals surface area contributed by atoms with Crippen LogP contribution in [0.2, 0.25) is 0 Å². The van der Waals surface area contributed by atoms with Gasteiger partial charge in [-0.15, -0.1) is 0 Å². The first kappa shape index (κ1) is 13.8. The average molecular weight is 265 g/mol. The molecule has 1 heterocycles. The van der Waals surface area contributed by atoms with E-state index in [9.17, 15) is 5.21 Å². The van der Waals surface area contributed by atoms with Gasteiger partial charge >= 0.3 is 0 Å². The van der Waals surface area contributed by atoms with Crippen LogP contribution in [0.4, 0.5) is 0 Å². The number of benzene rings is 1. The molecule has 1 fully saturated rings. The third-order valence-corrected chi connectivity index (χ3v) is 2.86. The number of hydrogen-bond acceptors (Lipinski definition) is 4. The highest BCUT2D eigenvalue weighted by Crippen LogP contribution is 2.21. The zero-order chi connectivity index (χ0) is 13.9. The Morgan fingerprint density at radius 2 is 2.11 bits per heavy atom. The Bertz CT molecular complexity index is 453. The van der Waals surface area contributed by atoms with E-state index in [1.54, 1.807) is 7.11 Å². The van der Waals surface area contributed by atoms with Crippen LogP contribution in [0.3, 0.4) is 0 Å². The van der Waals surface area contributed by atoms with Gasteiger partial charge in [0, 0.05) is 5.56 Å². The van der Waals surface area contributed by atoms with Gasteiger partial charge in [-0.25, -0.2) is 4.74 Å². The number of hydrogen-bond donors (Lipinski definition) is 0. The molecular weight excluding hydrogens is 246 g/mol. The molecule has 0 spiro atoms. The van der Waals surface area contributed by atoms with E-state index in [1.165, 1.54) is 6.21 Å². The summed E-state index contributed by atoms with van der Waals surface area (Å²) in [5, 5.41) is 11.8. The number of hydroxylamine groups is 1. The Hall–Kier alpha value is -1.59. The predicted octanol–water partition coefficient (Wildman–Crippen LogP) is 1.93. The van der Waals surface area contributed by atoms with Crippen molar-refractivity contribution in [3.8, 4) is 5.75 Å². The molecule has 2 rings (SSSR count). The second-order valence-electron chi connectivity index (χ2n) is 4.94. The molecule has 0 aromatic heterocycles. The van der Waals surface area contributed by atoms with Gasteiger partial charge in [0.15, 0.2) is 24.7 Å². The van der Waals surface area contributed by atoms with E-state index in [0.717, 1.165) is 16.1 Å². The van der Waals surface area contributed by atoms with Crippen molar-refractivity contribution in [1.29, 1.82) is 0 Å². The second kappa shape index (κ2) is 5.59. The maximum Gasteiger partial charge on any atom is 0.182 e. The molecule has 5 nitrogen and oxygen atoms in total. The Morgan fingerprint density at radius 1 is 1.42 bits per heavy atom. The molecule has 19 heavy (non-hydrogen) atoms. The van der Waals surface area contributed by atoms with E-state index >= 15 is 0 Å². The highest BCUT2D eigenvalue weighted by Gasteiger charge is 2.33. The van der Waals surface area contributed by atoms with Crippen LogP contribution in [0, 0.1) is 5.21 Å².